The fourth-order valence-corrected chi connectivity index (χ4v) is 1.79. The van der Waals surface area contributed by atoms with Crippen molar-refractivity contribution in [3.05, 3.63) is 0 Å². The SMILES string of the molecule is CCCC(=O)OCC(OC(=O)CCC)C(C)OC(CCC)=NO. The molecule has 0 saturated heterocycles. The van der Waals surface area contributed by atoms with Gasteiger partial charge in [0.15, 0.2) is 6.10 Å². The minimum Gasteiger partial charge on any atom is -0.472 e. The van der Waals surface area contributed by atoms with Crippen molar-refractivity contribution in [2.45, 2.75) is 78.4 Å². The molecule has 0 aromatic carbocycles. The van der Waals surface area contributed by atoms with E-state index in [0.29, 0.717) is 25.7 Å². The molecule has 0 spiro atoms. The summed E-state index contributed by atoms with van der Waals surface area (Å²) in [6.45, 7) is 7.26. The van der Waals surface area contributed by atoms with Gasteiger partial charge in [-0.15, -0.1) is 0 Å². The molecule has 0 saturated carbocycles. The predicted octanol–water partition coefficient (Wildman–Crippen LogP) is 3.03. The normalized spacial score (nSPS) is 14.0. The van der Waals surface area contributed by atoms with Crippen LogP contribution in [0.15, 0.2) is 5.16 Å². The molecule has 134 valence electrons. The van der Waals surface area contributed by atoms with E-state index in [1.165, 1.54) is 0 Å². The molecule has 0 heterocycles. The molecule has 0 aliphatic rings. The Morgan fingerprint density at radius 2 is 1.52 bits per heavy atom. The fourth-order valence-electron chi connectivity index (χ4n) is 1.79. The standard InChI is InChI=1S/C16H29NO6/c1-5-8-14(17-20)22-12(4)13(23-16(19)10-7-3)11-21-15(18)9-6-2/h12-13,20H,5-11H2,1-4H3. The van der Waals surface area contributed by atoms with E-state index in [1.807, 2.05) is 20.8 Å². The zero-order valence-corrected chi connectivity index (χ0v) is 14.5. The molecule has 0 aromatic rings. The van der Waals surface area contributed by atoms with E-state index in [1.54, 1.807) is 6.92 Å². The first-order valence-corrected chi connectivity index (χ1v) is 8.21. The van der Waals surface area contributed by atoms with Crippen LogP contribution in [0.3, 0.4) is 0 Å². The van der Waals surface area contributed by atoms with Gasteiger partial charge >= 0.3 is 11.9 Å². The number of oxime groups is 1. The van der Waals surface area contributed by atoms with Crippen LogP contribution in [-0.4, -0.2) is 41.9 Å². The third kappa shape index (κ3) is 9.76. The van der Waals surface area contributed by atoms with Crippen LogP contribution in [0.2, 0.25) is 0 Å². The van der Waals surface area contributed by atoms with Crippen LogP contribution in [-0.2, 0) is 23.8 Å². The van der Waals surface area contributed by atoms with Crippen molar-refractivity contribution in [3.8, 4) is 0 Å². The van der Waals surface area contributed by atoms with E-state index in [4.69, 9.17) is 19.4 Å². The Labute approximate surface area is 138 Å². The van der Waals surface area contributed by atoms with Gasteiger partial charge in [-0.05, 0) is 26.2 Å². The van der Waals surface area contributed by atoms with Crippen LogP contribution in [0, 0.1) is 0 Å². The molecule has 0 bridgehead atoms. The molecule has 0 radical (unpaired) electrons. The van der Waals surface area contributed by atoms with Crippen LogP contribution in [0.1, 0.15) is 66.2 Å². The van der Waals surface area contributed by atoms with E-state index < -0.39 is 12.2 Å². The zero-order chi connectivity index (χ0) is 17.7. The number of hydrogen-bond acceptors (Lipinski definition) is 7. The molecule has 2 unspecified atom stereocenters. The molecule has 1 N–H and O–H groups in total. The summed E-state index contributed by atoms with van der Waals surface area (Å²) in [5, 5.41) is 12.0. The van der Waals surface area contributed by atoms with Crippen molar-refractivity contribution in [1.29, 1.82) is 0 Å². The van der Waals surface area contributed by atoms with Crippen molar-refractivity contribution in [1.82, 2.24) is 0 Å². The summed E-state index contributed by atoms with van der Waals surface area (Å²) in [4.78, 5) is 23.2. The number of ether oxygens (including phenoxy) is 3. The summed E-state index contributed by atoms with van der Waals surface area (Å²) in [5.41, 5.74) is 0. The molecule has 7 heteroatoms. The average molecular weight is 331 g/mol. The second-order valence-electron chi connectivity index (χ2n) is 5.28. The van der Waals surface area contributed by atoms with E-state index >= 15 is 0 Å². The van der Waals surface area contributed by atoms with Gasteiger partial charge in [0, 0.05) is 19.3 Å². The van der Waals surface area contributed by atoms with Crippen LogP contribution < -0.4 is 0 Å². The van der Waals surface area contributed by atoms with E-state index in [-0.39, 0.29) is 30.9 Å². The molecule has 0 amide bonds. The molecule has 0 aliphatic heterocycles. The minimum atomic E-state index is -0.747. The first-order chi connectivity index (χ1) is 11.0. The second-order valence-corrected chi connectivity index (χ2v) is 5.28. The lowest BCUT2D eigenvalue weighted by Crippen LogP contribution is -2.37. The van der Waals surface area contributed by atoms with Gasteiger partial charge in [0.25, 0.3) is 0 Å². The highest BCUT2D eigenvalue weighted by molar-refractivity contribution is 5.75. The maximum absolute atomic E-state index is 11.7. The number of nitrogens with zero attached hydrogens (tertiary/aromatic N) is 1. The van der Waals surface area contributed by atoms with Crippen LogP contribution >= 0.6 is 0 Å². The summed E-state index contributed by atoms with van der Waals surface area (Å²) >= 11 is 0. The molecule has 7 nitrogen and oxygen atoms in total. The third-order valence-electron chi connectivity index (χ3n) is 3.02. The number of esters is 2. The van der Waals surface area contributed by atoms with Crippen LogP contribution in [0.5, 0.6) is 0 Å². The van der Waals surface area contributed by atoms with Gasteiger partial charge in [-0.25, -0.2) is 0 Å². The van der Waals surface area contributed by atoms with Gasteiger partial charge in [-0.3, -0.25) is 9.59 Å². The first kappa shape index (κ1) is 21.2. The Morgan fingerprint density at radius 3 is 2.04 bits per heavy atom. The topological polar surface area (TPSA) is 94.4 Å². The maximum atomic E-state index is 11.7. The molecule has 2 atom stereocenters. The summed E-state index contributed by atoms with van der Waals surface area (Å²) in [6.07, 6.45) is 1.81. The molecule has 0 aliphatic carbocycles. The lowest BCUT2D eigenvalue weighted by Gasteiger charge is -2.25. The van der Waals surface area contributed by atoms with Gasteiger partial charge < -0.3 is 19.4 Å². The van der Waals surface area contributed by atoms with E-state index in [2.05, 4.69) is 5.16 Å². The van der Waals surface area contributed by atoms with Crippen molar-refractivity contribution in [3.63, 3.8) is 0 Å². The number of carbonyl (C=O) groups excluding carboxylic acids is 2. The van der Waals surface area contributed by atoms with Crippen LogP contribution in [0.4, 0.5) is 0 Å². The number of rotatable bonds is 11. The highest BCUT2D eigenvalue weighted by atomic mass is 16.6. The van der Waals surface area contributed by atoms with Crippen molar-refractivity contribution in [2.75, 3.05) is 6.61 Å². The van der Waals surface area contributed by atoms with E-state index in [9.17, 15) is 9.59 Å². The smallest absolute Gasteiger partial charge is 0.306 e. The Kier molecular flexibility index (Phi) is 11.7. The van der Waals surface area contributed by atoms with E-state index in [0.717, 1.165) is 6.42 Å². The fraction of sp³-hybridized carbons (Fsp3) is 0.812. The largest absolute Gasteiger partial charge is 0.472 e. The Balaban J connectivity index is 4.73. The monoisotopic (exact) mass is 331 g/mol. The van der Waals surface area contributed by atoms with Crippen molar-refractivity contribution >= 4 is 17.8 Å². The van der Waals surface area contributed by atoms with Gasteiger partial charge in [-0.2, -0.15) is 0 Å². The highest BCUT2D eigenvalue weighted by Crippen LogP contribution is 2.10. The Hall–Kier alpha value is -1.79. The quantitative estimate of drug-likeness (QED) is 0.206. The number of hydrogen-bond donors (Lipinski definition) is 1. The summed E-state index contributed by atoms with van der Waals surface area (Å²) < 4.78 is 16.0. The lowest BCUT2D eigenvalue weighted by atomic mass is 10.2. The van der Waals surface area contributed by atoms with Gasteiger partial charge in [0.2, 0.25) is 5.90 Å². The molecular formula is C16H29NO6. The Bertz CT molecular complexity index is 383. The third-order valence-corrected chi connectivity index (χ3v) is 3.02. The summed E-state index contributed by atoms with van der Waals surface area (Å²) in [6, 6.07) is 0. The molecule has 0 rings (SSSR count). The first-order valence-electron chi connectivity index (χ1n) is 8.21. The maximum Gasteiger partial charge on any atom is 0.306 e. The van der Waals surface area contributed by atoms with Crippen molar-refractivity contribution in [2.24, 2.45) is 5.16 Å². The summed E-state index contributed by atoms with van der Waals surface area (Å²) in [7, 11) is 0. The van der Waals surface area contributed by atoms with Gasteiger partial charge in [0.05, 0.1) is 0 Å². The molecular weight excluding hydrogens is 302 g/mol. The molecule has 0 fully saturated rings. The average Bonchev–Trinajstić information content (AvgIpc) is 2.51. The van der Waals surface area contributed by atoms with Gasteiger partial charge in [-0.1, -0.05) is 25.9 Å². The second kappa shape index (κ2) is 12.7. The zero-order valence-electron chi connectivity index (χ0n) is 14.5. The minimum absolute atomic E-state index is 0.0830. The highest BCUT2D eigenvalue weighted by Gasteiger charge is 2.26. The Morgan fingerprint density at radius 1 is 0.957 bits per heavy atom. The van der Waals surface area contributed by atoms with Crippen LogP contribution in [0.25, 0.3) is 0 Å². The number of carbonyl (C=O) groups is 2. The molecule has 0 aromatic heterocycles. The molecule has 23 heavy (non-hydrogen) atoms. The van der Waals surface area contributed by atoms with Gasteiger partial charge in [0.1, 0.15) is 12.7 Å². The lowest BCUT2D eigenvalue weighted by molar-refractivity contribution is -0.165. The predicted molar refractivity (Wildman–Crippen MR) is 85.3 cm³/mol. The summed E-state index contributed by atoms with van der Waals surface area (Å²) in [5.74, 6) is -0.560. The van der Waals surface area contributed by atoms with Crippen molar-refractivity contribution < 1.29 is 29.0 Å².